The van der Waals surface area contributed by atoms with Gasteiger partial charge in [-0.3, -0.25) is 4.79 Å². The number of carbonyl (C=O) groups is 1. The molecule has 1 unspecified atom stereocenters. The van der Waals surface area contributed by atoms with E-state index in [0.29, 0.717) is 6.42 Å². The van der Waals surface area contributed by atoms with Crippen LogP contribution >= 0.6 is 11.3 Å². The van der Waals surface area contributed by atoms with Gasteiger partial charge in [0.2, 0.25) is 0 Å². The van der Waals surface area contributed by atoms with Crippen LogP contribution in [0.5, 0.6) is 0 Å². The van der Waals surface area contributed by atoms with Crippen molar-refractivity contribution >= 4 is 27.1 Å². The highest BCUT2D eigenvalue weighted by atomic mass is 32.2. The predicted octanol–water partition coefficient (Wildman–Crippen LogP) is 0.568. The van der Waals surface area contributed by atoms with Crippen molar-refractivity contribution < 1.29 is 17.9 Å². The summed E-state index contributed by atoms with van der Waals surface area (Å²) in [7, 11) is -2.90. The zero-order valence-electron chi connectivity index (χ0n) is 9.79. The molecule has 1 aromatic rings. The topological polar surface area (TPSA) is 72.5 Å². The second-order valence-corrected chi connectivity index (χ2v) is 7.48. The first-order valence-corrected chi connectivity index (χ1v) is 8.37. The third-order valence-electron chi connectivity index (χ3n) is 2.72. The molecule has 100 valence electrons. The number of carbonyl (C=O) groups excluding carboxylic acids is 1. The van der Waals surface area contributed by atoms with Gasteiger partial charge in [-0.25, -0.2) is 8.42 Å². The van der Waals surface area contributed by atoms with Gasteiger partial charge in [0.05, 0.1) is 18.1 Å². The SMILES string of the molecule is O=C(CNC1CCS(=O)(=O)C1)OCc1cccs1. The molecule has 0 amide bonds. The van der Waals surface area contributed by atoms with Crippen LogP contribution in [0.4, 0.5) is 0 Å². The van der Waals surface area contributed by atoms with Gasteiger partial charge in [-0.05, 0) is 17.9 Å². The molecule has 1 fully saturated rings. The van der Waals surface area contributed by atoms with Crippen molar-refractivity contribution in [3.8, 4) is 0 Å². The van der Waals surface area contributed by atoms with E-state index in [9.17, 15) is 13.2 Å². The molecule has 2 heterocycles. The molecule has 1 atom stereocenters. The minimum atomic E-state index is -2.90. The molecule has 1 aromatic heterocycles. The van der Waals surface area contributed by atoms with Crippen LogP contribution in [-0.2, 0) is 26.0 Å². The lowest BCUT2D eigenvalue weighted by molar-refractivity contribution is -0.143. The molecule has 18 heavy (non-hydrogen) atoms. The lowest BCUT2D eigenvalue weighted by Crippen LogP contribution is -2.35. The molecular formula is C11H15NO4S2. The van der Waals surface area contributed by atoms with E-state index in [1.54, 1.807) is 0 Å². The lowest BCUT2D eigenvalue weighted by Gasteiger charge is -2.09. The Morgan fingerprint density at radius 2 is 2.39 bits per heavy atom. The Balaban J connectivity index is 1.66. The summed E-state index contributed by atoms with van der Waals surface area (Å²) in [4.78, 5) is 12.4. The van der Waals surface area contributed by atoms with Crippen molar-refractivity contribution in [2.45, 2.75) is 19.1 Å². The smallest absolute Gasteiger partial charge is 0.320 e. The maximum Gasteiger partial charge on any atom is 0.320 e. The second-order valence-electron chi connectivity index (χ2n) is 4.22. The van der Waals surface area contributed by atoms with Crippen molar-refractivity contribution in [1.82, 2.24) is 5.32 Å². The summed E-state index contributed by atoms with van der Waals surface area (Å²) < 4.78 is 27.5. The molecule has 5 nitrogen and oxygen atoms in total. The molecule has 1 aliphatic rings. The molecule has 0 aromatic carbocycles. The van der Waals surface area contributed by atoms with Crippen LogP contribution in [0.2, 0.25) is 0 Å². The maximum absolute atomic E-state index is 11.4. The number of hydrogen-bond donors (Lipinski definition) is 1. The summed E-state index contributed by atoms with van der Waals surface area (Å²) in [5.74, 6) is -0.0344. The highest BCUT2D eigenvalue weighted by Gasteiger charge is 2.27. The Kier molecular flexibility index (Phi) is 4.36. The summed E-state index contributed by atoms with van der Waals surface area (Å²) in [6, 6.07) is 3.67. The third-order valence-corrected chi connectivity index (χ3v) is 5.34. The van der Waals surface area contributed by atoms with Crippen LogP contribution in [0.3, 0.4) is 0 Å². The monoisotopic (exact) mass is 289 g/mol. The van der Waals surface area contributed by atoms with E-state index in [2.05, 4.69) is 5.32 Å². The fourth-order valence-corrected chi connectivity index (χ4v) is 4.10. The number of ether oxygens (including phenoxy) is 1. The van der Waals surface area contributed by atoms with Crippen molar-refractivity contribution in [3.63, 3.8) is 0 Å². The van der Waals surface area contributed by atoms with Crippen molar-refractivity contribution in [2.24, 2.45) is 0 Å². The van der Waals surface area contributed by atoms with Gasteiger partial charge in [-0.2, -0.15) is 0 Å². The molecular weight excluding hydrogens is 274 g/mol. The third kappa shape index (κ3) is 4.08. The number of rotatable bonds is 5. The molecule has 1 aliphatic heterocycles. The van der Waals surface area contributed by atoms with E-state index < -0.39 is 9.84 Å². The molecule has 0 saturated carbocycles. The van der Waals surface area contributed by atoms with Crippen molar-refractivity contribution in [1.29, 1.82) is 0 Å². The number of sulfone groups is 1. The van der Waals surface area contributed by atoms with Crippen LogP contribution in [0.15, 0.2) is 17.5 Å². The summed E-state index contributed by atoms with van der Waals surface area (Å²) in [6.07, 6.45) is 0.570. The number of hydrogen-bond acceptors (Lipinski definition) is 6. The highest BCUT2D eigenvalue weighted by Crippen LogP contribution is 2.11. The molecule has 0 aliphatic carbocycles. The molecule has 0 bridgehead atoms. The standard InChI is InChI=1S/C11H15NO4S2/c13-11(16-7-10-2-1-4-17-10)6-12-9-3-5-18(14,15)8-9/h1-2,4,9,12H,3,5-8H2. The van der Waals surface area contributed by atoms with Gasteiger partial charge >= 0.3 is 5.97 Å². The lowest BCUT2D eigenvalue weighted by atomic mass is 10.3. The fourth-order valence-electron chi connectivity index (χ4n) is 1.78. The molecule has 2 rings (SSSR count). The Hall–Kier alpha value is -0.920. The Morgan fingerprint density at radius 1 is 1.56 bits per heavy atom. The first kappa shape index (κ1) is 13.5. The first-order chi connectivity index (χ1) is 8.55. The molecule has 0 radical (unpaired) electrons. The Labute approximate surface area is 110 Å². The average molecular weight is 289 g/mol. The zero-order chi connectivity index (χ0) is 13.0. The van der Waals surface area contributed by atoms with Crippen LogP contribution < -0.4 is 5.32 Å². The zero-order valence-corrected chi connectivity index (χ0v) is 11.4. The van der Waals surface area contributed by atoms with Crippen molar-refractivity contribution in [3.05, 3.63) is 22.4 Å². The second kappa shape index (κ2) is 5.81. The Morgan fingerprint density at radius 3 is 3.00 bits per heavy atom. The molecule has 1 N–H and O–H groups in total. The van der Waals surface area contributed by atoms with Gasteiger partial charge in [0.25, 0.3) is 0 Å². The molecule has 1 saturated heterocycles. The summed E-state index contributed by atoms with van der Waals surface area (Å²) in [5, 5.41) is 4.84. The highest BCUT2D eigenvalue weighted by molar-refractivity contribution is 7.91. The van der Waals surface area contributed by atoms with E-state index in [0.717, 1.165) is 4.88 Å². The van der Waals surface area contributed by atoms with E-state index in [1.165, 1.54) is 11.3 Å². The predicted molar refractivity (Wildman–Crippen MR) is 69.2 cm³/mol. The maximum atomic E-state index is 11.4. The quantitative estimate of drug-likeness (QED) is 0.802. The van der Waals surface area contributed by atoms with Gasteiger partial charge in [-0.1, -0.05) is 6.07 Å². The number of nitrogens with one attached hydrogen (secondary N) is 1. The minimum absolute atomic E-state index is 0.0611. The van der Waals surface area contributed by atoms with Gasteiger partial charge in [0, 0.05) is 10.9 Å². The normalized spacial score (nSPS) is 21.9. The first-order valence-electron chi connectivity index (χ1n) is 5.67. The van der Waals surface area contributed by atoms with Crippen LogP contribution in [0, 0.1) is 0 Å². The number of thiophene rings is 1. The summed E-state index contributed by atoms with van der Waals surface area (Å²) >= 11 is 1.53. The summed E-state index contributed by atoms with van der Waals surface area (Å²) in [5.41, 5.74) is 0. The average Bonchev–Trinajstić information content (AvgIpc) is 2.93. The van der Waals surface area contributed by atoms with E-state index in [-0.39, 0.29) is 36.7 Å². The van der Waals surface area contributed by atoms with Gasteiger partial charge in [0.1, 0.15) is 6.61 Å². The minimum Gasteiger partial charge on any atom is -0.459 e. The summed E-state index contributed by atoms with van der Waals surface area (Å²) in [6.45, 7) is 0.340. The fraction of sp³-hybridized carbons (Fsp3) is 0.545. The molecule has 7 heteroatoms. The van der Waals surface area contributed by atoms with Crippen molar-refractivity contribution in [2.75, 3.05) is 18.1 Å². The number of esters is 1. The van der Waals surface area contributed by atoms with E-state index in [1.807, 2.05) is 17.5 Å². The van der Waals surface area contributed by atoms with Gasteiger partial charge < -0.3 is 10.1 Å². The Bertz CT molecular complexity index is 495. The van der Waals surface area contributed by atoms with E-state index >= 15 is 0 Å². The molecule has 0 spiro atoms. The van der Waals surface area contributed by atoms with Crippen LogP contribution in [0.25, 0.3) is 0 Å². The van der Waals surface area contributed by atoms with Gasteiger partial charge in [0.15, 0.2) is 9.84 Å². The van der Waals surface area contributed by atoms with Crippen LogP contribution in [-0.4, -0.2) is 38.5 Å². The van der Waals surface area contributed by atoms with Crippen LogP contribution in [0.1, 0.15) is 11.3 Å². The van der Waals surface area contributed by atoms with Gasteiger partial charge in [-0.15, -0.1) is 11.3 Å². The largest absolute Gasteiger partial charge is 0.459 e. The van der Waals surface area contributed by atoms with E-state index in [4.69, 9.17) is 4.74 Å².